The fraction of sp³-hybridized carbons (Fsp3) is 0.393. The van der Waals surface area contributed by atoms with Crippen LogP contribution in [0.3, 0.4) is 0 Å². The molecular weight excluding hydrogens is 502 g/mol. The summed E-state index contributed by atoms with van der Waals surface area (Å²) in [5, 5.41) is 27.6. The Hall–Kier alpha value is -4.09. The zero-order valence-corrected chi connectivity index (χ0v) is 21.8. The minimum atomic E-state index is -0.576. The Balaban J connectivity index is 1.25. The summed E-state index contributed by atoms with van der Waals surface area (Å²) in [5.41, 5.74) is 5.89. The van der Waals surface area contributed by atoms with E-state index < -0.39 is 5.91 Å². The van der Waals surface area contributed by atoms with Crippen molar-refractivity contribution in [3.63, 3.8) is 0 Å². The lowest BCUT2D eigenvalue weighted by molar-refractivity contribution is 0.0784. The molecule has 3 aromatic rings. The Labute approximate surface area is 226 Å². The number of aromatic nitrogens is 1. The summed E-state index contributed by atoms with van der Waals surface area (Å²) in [4.78, 5) is 29.2. The van der Waals surface area contributed by atoms with Crippen LogP contribution in [-0.2, 0) is 0 Å². The number of nitrogens with zero attached hydrogens (tertiary/aromatic N) is 3. The number of likely N-dealkylation sites (tertiary alicyclic amines) is 2. The van der Waals surface area contributed by atoms with Crippen LogP contribution < -0.4 is 15.8 Å². The number of nitrogens with two attached hydrogens (primary N) is 1. The zero-order valence-electron chi connectivity index (χ0n) is 21.8. The van der Waals surface area contributed by atoms with E-state index in [-0.39, 0.29) is 46.2 Å². The lowest BCUT2D eigenvalue weighted by Gasteiger charge is -2.41. The maximum Gasteiger partial charge on any atom is 0.290 e. The standard InChI is InChI=1S/C28H33N5O6/c1-32-10-8-19(9-11-32)33-12-6-18(7-13-33)30-28(37)25-16-22(31-39-25)26-23(35)14-20(34)15-24(26)38-21-4-2-17(3-5-21)27(29)36/h2-5,14-16,18-19,34-35H,6-13H2,1H3,(H2,29,36)(H,30,37). The number of phenols is 2. The number of piperidine rings is 2. The molecule has 0 spiro atoms. The highest BCUT2D eigenvalue weighted by atomic mass is 16.5. The topological polar surface area (TPSA) is 154 Å². The number of nitrogens with one attached hydrogen (secondary N) is 1. The van der Waals surface area contributed by atoms with Crippen LogP contribution in [0.25, 0.3) is 11.3 Å². The molecule has 0 unspecified atom stereocenters. The van der Waals surface area contributed by atoms with Gasteiger partial charge in [-0.15, -0.1) is 0 Å². The molecule has 206 valence electrons. The van der Waals surface area contributed by atoms with E-state index in [1.54, 1.807) is 0 Å². The molecule has 0 aliphatic carbocycles. The summed E-state index contributed by atoms with van der Waals surface area (Å²) in [6.45, 7) is 4.15. The maximum atomic E-state index is 12.9. The third-order valence-electron chi connectivity index (χ3n) is 7.49. The van der Waals surface area contributed by atoms with Crippen molar-refractivity contribution in [1.82, 2.24) is 20.3 Å². The van der Waals surface area contributed by atoms with Crippen molar-refractivity contribution in [2.75, 3.05) is 33.2 Å². The van der Waals surface area contributed by atoms with Crippen LogP contribution in [0.5, 0.6) is 23.0 Å². The number of hydrogen-bond acceptors (Lipinski definition) is 9. The molecule has 5 N–H and O–H groups in total. The van der Waals surface area contributed by atoms with Crippen molar-refractivity contribution < 1.29 is 29.1 Å². The fourth-order valence-corrected chi connectivity index (χ4v) is 5.26. The predicted molar refractivity (Wildman–Crippen MR) is 143 cm³/mol. The van der Waals surface area contributed by atoms with Crippen molar-refractivity contribution in [3.05, 3.63) is 53.8 Å². The average molecular weight is 536 g/mol. The van der Waals surface area contributed by atoms with E-state index in [0.717, 1.165) is 45.1 Å². The summed E-state index contributed by atoms with van der Waals surface area (Å²) in [7, 11) is 2.16. The average Bonchev–Trinajstić information content (AvgIpc) is 3.39. The first kappa shape index (κ1) is 26.5. The lowest BCUT2D eigenvalue weighted by atomic mass is 9.98. The van der Waals surface area contributed by atoms with Gasteiger partial charge in [-0.1, -0.05) is 5.16 Å². The number of carbonyl (C=O) groups is 2. The third-order valence-corrected chi connectivity index (χ3v) is 7.49. The van der Waals surface area contributed by atoms with Crippen LogP contribution in [0.1, 0.15) is 46.6 Å². The van der Waals surface area contributed by atoms with Gasteiger partial charge in [0.05, 0.1) is 5.56 Å². The van der Waals surface area contributed by atoms with Crippen LogP contribution in [-0.4, -0.2) is 82.3 Å². The molecule has 2 aliphatic rings. The summed E-state index contributed by atoms with van der Waals surface area (Å²) < 4.78 is 11.2. The number of rotatable bonds is 7. The molecule has 0 atom stereocenters. The molecule has 0 radical (unpaired) electrons. The van der Waals surface area contributed by atoms with Crippen molar-refractivity contribution in [2.24, 2.45) is 5.73 Å². The first-order chi connectivity index (χ1) is 18.8. The van der Waals surface area contributed by atoms with Gasteiger partial charge in [0.25, 0.3) is 5.91 Å². The summed E-state index contributed by atoms with van der Waals surface area (Å²) in [6.07, 6.45) is 4.10. The number of primary amides is 1. The van der Waals surface area contributed by atoms with Gasteiger partial charge < -0.3 is 40.3 Å². The summed E-state index contributed by atoms with van der Waals surface area (Å²) in [5.74, 6) is -1.07. The van der Waals surface area contributed by atoms with Gasteiger partial charge in [-0.2, -0.15) is 0 Å². The smallest absolute Gasteiger partial charge is 0.290 e. The number of hydrogen-bond donors (Lipinski definition) is 4. The Morgan fingerprint density at radius 2 is 1.72 bits per heavy atom. The van der Waals surface area contributed by atoms with E-state index >= 15 is 0 Å². The molecule has 2 aliphatic heterocycles. The highest BCUT2D eigenvalue weighted by molar-refractivity contribution is 5.93. The van der Waals surface area contributed by atoms with Gasteiger partial charge in [0.2, 0.25) is 11.7 Å². The van der Waals surface area contributed by atoms with Crippen LogP contribution in [0, 0.1) is 0 Å². The van der Waals surface area contributed by atoms with E-state index in [1.807, 2.05) is 0 Å². The van der Waals surface area contributed by atoms with Gasteiger partial charge in [-0.3, -0.25) is 9.59 Å². The highest BCUT2D eigenvalue weighted by Gasteiger charge is 2.29. The molecule has 2 amide bonds. The van der Waals surface area contributed by atoms with Gasteiger partial charge >= 0.3 is 0 Å². The molecule has 2 aromatic carbocycles. The number of aromatic hydroxyl groups is 2. The van der Waals surface area contributed by atoms with Crippen LogP contribution in [0.15, 0.2) is 47.0 Å². The van der Waals surface area contributed by atoms with E-state index in [0.29, 0.717) is 17.4 Å². The Morgan fingerprint density at radius 3 is 2.38 bits per heavy atom. The van der Waals surface area contributed by atoms with Crippen molar-refractivity contribution >= 4 is 11.8 Å². The molecule has 0 saturated carbocycles. The number of phenolic OH excluding ortho intramolecular Hbond substituents is 2. The van der Waals surface area contributed by atoms with E-state index in [9.17, 15) is 19.8 Å². The molecular formula is C28H33N5O6. The predicted octanol–water partition coefficient (Wildman–Crippen LogP) is 2.93. The minimum absolute atomic E-state index is 0.00647. The van der Waals surface area contributed by atoms with Crippen molar-refractivity contribution in [2.45, 2.75) is 37.8 Å². The molecule has 11 heteroatoms. The maximum absolute atomic E-state index is 12.9. The fourth-order valence-electron chi connectivity index (χ4n) is 5.26. The number of benzene rings is 2. The van der Waals surface area contributed by atoms with Gasteiger partial charge in [-0.05, 0) is 70.1 Å². The van der Waals surface area contributed by atoms with E-state index in [1.165, 1.54) is 49.2 Å². The highest BCUT2D eigenvalue weighted by Crippen LogP contribution is 2.42. The summed E-state index contributed by atoms with van der Waals surface area (Å²) in [6, 6.07) is 10.6. The van der Waals surface area contributed by atoms with Gasteiger partial charge in [-0.25, -0.2) is 0 Å². The summed E-state index contributed by atoms with van der Waals surface area (Å²) >= 11 is 0. The molecule has 11 nitrogen and oxygen atoms in total. The van der Waals surface area contributed by atoms with Gasteiger partial charge in [0, 0.05) is 48.9 Å². The molecule has 39 heavy (non-hydrogen) atoms. The lowest BCUT2D eigenvalue weighted by Crippen LogP contribution is -2.50. The van der Waals surface area contributed by atoms with Gasteiger partial charge in [0.15, 0.2) is 0 Å². The first-order valence-corrected chi connectivity index (χ1v) is 13.1. The third kappa shape index (κ3) is 6.15. The van der Waals surface area contributed by atoms with Crippen LogP contribution in [0.2, 0.25) is 0 Å². The number of amides is 2. The van der Waals surface area contributed by atoms with Crippen molar-refractivity contribution in [1.29, 1.82) is 0 Å². The molecule has 3 heterocycles. The minimum Gasteiger partial charge on any atom is -0.508 e. The molecule has 0 bridgehead atoms. The SMILES string of the molecule is CN1CCC(N2CCC(NC(=O)c3cc(-c4c(O)cc(O)cc4Oc4ccc(C(N)=O)cc4)no3)CC2)CC1. The van der Waals surface area contributed by atoms with E-state index in [4.69, 9.17) is 15.0 Å². The van der Waals surface area contributed by atoms with Gasteiger partial charge in [0.1, 0.15) is 28.7 Å². The van der Waals surface area contributed by atoms with Crippen LogP contribution >= 0.6 is 0 Å². The molecule has 2 saturated heterocycles. The van der Waals surface area contributed by atoms with Crippen LogP contribution in [0.4, 0.5) is 0 Å². The molecule has 2 fully saturated rings. The number of carbonyl (C=O) groups excluding carboxylic acids is 2. The zero-order chi connectivity index (χ0) is 27.5. The molecule has 1 aromatic heterocycles. The molecule has 5 rings (SSSR count). The Morgan fingerprint density at radius 1 is 1.03 bits per heavy atom. The second kappa shape index (κ2) is 11.3. The largest absolute Gasteiger partial charge is 0.508 e. The Kier molecular flexibility index (Phi) is 7.71. The normalized spacial score (nSPS) is 17.7. The first-order valence-electron chi connectivity index (χ1n) is 13.1. The monoisotopic (exact) mass is 535 g/mol. The second-order valence-electron chi connectivity index (χ2n) is 10.2. The van der Waals surface area contributed by atoms with E-state index in [2.05, 4.69) is 27.3 Å². The second-order valence-corrected chi connectivity index (χ2v) is 10.2. The Bertz CT molecular complexity index is 1320. The quantitative estimate of drug-likeness (QED) is 0.357. The number of ether oxygens (including phenoxy) is 1. The van der Waals surface area contributed by atoms with Crippen molar-refractivity contribution in [3.8, 4) is 34.3 Å².